The van der Waals surface area contributed by atoms with E-state index in [2.05, 4.69) is 23.9 Å². The molecule has 1 unspecified atom stereocenters. The maximum Gasteiger partial charge on any atom is 0.227 e. The zero-order chi connectivity index (χ0) is 17.7. The van der Waals surface area contributed by atoms with Crippen molar-refractivity contribution in [3.8, 4) is 5.69 Å². The summed E-state index contributed by atoms with van der Waals surface area (Å²) in [6.45, 7) is 4.35. The second-order valence-electron chi connectivity index (χ2n) is 6.11. The molecule has 130 valence electrons. The van der Waals surface area contributed by atoms with Crippen molar-refractivity contribution in [3.63, 3.8) is 0 Å². The molecule has 0 aliphatic carbocycles. The Bertz CT molecular complexity index is 674. The van der Waals surface area contributed by atoms with E-state index in [1.54, 1.807) is 47.0 Å². The van der Waals surface area contributed by atoms with Crippen molar-refractivity contribution in [3.05, 3.63) is 35.9 Å². The molecule has 0 aliphatic heterocycles. The lowest BCUT2D eigenvalue weighted by atomic mass is 10.1. The highest BCUT2D eigenvalue weighted by molar-refractivity contribution is 7.99. The fourth-order valence-corrected chi connectivity index (χ4v) is 3.59. The van der Waals surface area contributed by atoms with E-state index in [4.69, 9.17) is 11.6 Å². The largest absolute Gasteiger partial charge is 0.311 e. The number of carbonyl (C=O) groups excluding carboxylic acids is 1. The lowest BCUT2D eigenvalue weighted by Crippen LogP contribution is -2.29. The smallest absolute Gasteiger partial charge is 0.227 e. The number of hydrogen-bond acceptors (Lipinski definition) is 4. The van der Waals surface area contributed by atoms with Crippen molar-refractivity contribution in [2.24, 2.45) is 5.92 Å². The van der Waals surface area contributed by atoms with Gasteiger partial charge in [-0.3, -0.25) is 9.78 Å². The number of rotatable bonds is 7. The third-order valence-electron chi connectivity index (χ3n) is 3.77. The van der Waals surface area contributed by atoms with E-state index in [1.807, 2.05) is 18.4 Å². The minimum Gasteiger partial charge on any atom is -0.311 e. The van der Waals surface area contributed by atoms with Crippen LogP contribution in [0.1, 0.15) is 26.7 Å². The summed E-state index contributed by atoms with van der Waals surface area (Å²) in [4.78, 5) is 18.3. The Balaban J connectivity index is 2.13. The van der Waals surface area contributed by atoms with Crippen LogP contribution in [0, 0.1) is 5.92 Å². The van der Waals surface area contributed by atoms with Crippen molar-refractivity contribution < 1.29 is 4.79 Å². The maximum absolute atomic E-state index is 12.6. The van der Waals surface area contributed by atoms with Gasteiger partial charge in [-0.2, -0.15) is 16.9 Å². The van der Waals surface area contributed by atoms with Gasteiger partial charge in [0.1, 0.15) is 5.69 Å². The van der Waals surface area contributed by atoms with E-state index in [0.717, 1.165) is 12.1 Å². The number of halogens is 1. The van der Waals surface area contributed by atoms with E-state index in [9.17, 15) is 4.79 Å². The molecule has 24 heavy (non-hydrogen) atoms. The Morgan fingerprint density at radius 1 is 1.46 bits per heavy atom. The van der Waals surface area contributed by atoms with Crippen LogP contribution in [0.3, 0.4) is 0 Å². The van der Waals surface area contributed by atoms with Gasteiger partial charge in [-0.05, 0) is 30.7 Å². The molecule has 0 bridgehead atoms. The third-order valence-corrected chi connectivity index (χ3v) is 5.06. The average molecular weight is 367 g/mol. The second-order valence-corrected chi connectivity index (χ2v) is 7.60. The Hall–Kier alpha value is -1.53. The predicted molar refractivity (Wildman–Crippen MR) is 101 cm³/mol. The van der Waals surface area contributed by atoms with Gasteiger partial charge < -0.3 is 4.90 Å². The van der Waals surface area contributed by atoms with E-state index in [0.29, 0.717) is 28.4 Å². The van der Waals surface area contributed by atoms with Crippen LogP contribution < -0.4 is 4.90 Å². The molecule has 0 saturated carbocycles. The number of pyridine rings is 1. The fourth-order valence-electron chi connectivity index (χ4n) is 2.45. The normalized spacial score (nSPS) is 12.4. The quantitative estimate of drug-likeness (QED) is 0.741. The van der Waals surface area contributed by atoms with Gasteiger partial charge in [0, 0.05) is 24.9 Å². The number of nitrogens with zero attached hydrogens (tertiary/aromatic N) is 4. The highest BCUT2D eigenvalue weighted by atomic mass is 35.5. The minimum atomic E-state index is 0.0441. The van der Waals surface area contributed by atoms with Gasteiger partial charge in [-0.15, -0.1) is 0 Å². The van der Waals surface area contributed by atoms with Gasteiger partial charge >= 0.3 is 0 Å². The van der Waals surface area contributed by atoms with Crippen LogP contribution in [-0.4, -0.2) is 39.2 Å². The minimum absolute atomic E-state index is 0.0441. The maximum atomic E-state index is 12.6. The predicted octanol–water partition coefficient (Wildman–Crippen LogP) is 4.05. The number of aromatic nitrogens is 3. The summed E-state index contributed by atoms with van der Waals surface area (Å²) < 4.78 is 1.63. The fraction of sp³-hybridized carbons (Fsp3) is 0.471. The van der Waals surface area contributed by atoms with Crippen molar-refractivity contribution in [1.29, 1.82) is 0 Å². The van der Waals surface area contributed by atoms with Crippen molar-refractivity contribution in [2.45, 2.75) is 31.9 Å². The summed E-state index contributed by atoms with van der Waals surface area (Å²) in [5.74, 6) is 0.611. The van der Waals surface area contributed by atoms with Gasteiger partial charge in [0.25, 0.3) is 0 Å². The van der Waals surface area contributed by atoms with E-state index >= 15 is 0 Å². The zero-order valence-corrected chi connectivity index (χ0v) is 16.0. The summed E-state index contributed by atoms with van der Waals surface area (Å²) in [7, 11) is 1.74. The number of anilines is 1. The summed E-state index contributed by atoms with van der Waals surface area (Å²) in [5, 5.41) is 4.89. The number of hydrogen-bond donors (Lipinski definition) is 0. The molecule has 0 aromatic carbocycles. The van der Waals surface area contributed by atoms with Gasteiger partial charge in [-0.25, -0.2) is 4.68 Å². The first kappa shape index (κ1) is 18.8. The summed E-state index contributed by atoms with van der Waals surface area (Å²) in [6, 6.07) is 3.71. The molecule has 5 nitrogen and oxygen atoms in total. The molecule has 2 aromatic rings. The Morgan fingerprint density at radius 3 is 2.79 bits per heavy atom. The van der Waals surface area contributed by atoms with Gasteiger partial charge in [0.05, 0.1) is 18.1 Å². The summed E-state index contributed by atoms with van der Waals surface area (Å²) in [5.41, 5.74) is 1.41. The first-order valence-corrected chi connectivity index (χ1v) is 9.53. The van der Waals surface area contributed by atoms with Crippen molar-refractivity contribution >= 4 is 35.0 Å². The molecule has 0 radical (unpaired) electrons. The highest BCUT2D eigenvalue weighted by Crippen LogP contribution is 2.27. The Labute approximate surface area is 152 Å². The molecule has 0 fully saturated rings. The van der Waals surface area contributed by atoms with Gasteiger partial charge in [0.15, 0.2) is 5.15 Å². The van der Waals surface area contributed by atoms with E-state index in [-0.39, 0.29) is 5.91 Å². The number of amides is 1. The molecule has 2 aromatic heterocycles. The number of thioether (sulfide) groups is 1. The Kier molecular flexibility index (Phi) is 6.69. The molecular formula is C17H23ClN4OS. The molecular weight excluding hydrogens is 344 g/mol. The summed E-state index contributed by atoms with van der Waals surface area (Å²) >= 11 is 7.97. The second kappa shape index (κ2) is 8.53. The SMILES string of the molecule is CSC(CC(=O)N(C)c1cn(-c2cccnc2)nc1Cl)CC(C)C. The van der Waals surface area contributed by atoms with E-state index in [1.165, 1.54) is 0 Å². The molecule has 0 spiro atoms. The average Bonchev–Trinajstić information content (AvgIpc) is 2.95. The molecule has 2 rings (SSSR count). The highest BCUT2D eigenvalue weighted by Gasteiger charge is 2.21. The van der Waals surface area contributed by atoms with Crippen LogP contribution in [0.2, 0.25) is 5.15 Å². The van der Waals surface area contributed by atoms with Crippen LogP contribution >= 0.6 is 23.4 Å². The Morgan fingerprint density at radius 2 is 2.21 bits per heavy atom. The standard InChI is InChI=1S/C17H23ClN4OS/c1-12(2)8-14(24-4)9-16(23)21(3)15-11-22(20-17(15)18)13-6-5-7-19-10-13/h5-7,10-12,14H,8-9H2,1-4H3. The van der Waals surface area contributed by atoms with Crippen LogP contribution in [0.15, 0.2) is 30.7 Å². The van der Waals surface area contributed by atoms with Crippen molar-refractivity contribution in [2.75, 3.05) is 18.2 Å². The first-order chi connectivity index (χ1) is 11.4. The monoisotopic (exact) mass is 366 g/mol. The molecule has 2 heterocycles. The van der Waals surface area contributed by atoms with Crippen LogP contribution in [0.5, 0.6) is 0 Å². The molecule has 1 atom stereocenters. The third kappa shape index (κ3) is 4.74. The topological polar surface area (TPSA) is 51.0 Å². The van der Waals surface area contributed by atoms with Gasteiger partial charge in [-0.1, -0.05) is 25.4 Å². The lowest BCUT2D eigenvalue weighted by molar-refractivity contribution is -0.118. The molecule has 0 saturated heterocycles. The molecule has 0 N–H and O–H groups in total. The molecule has 7 heteroatoms. The van der Waals surface area contributed by atoms with Gasteiger partial charge in [0.2, 0.25) is 5.91 Å². The van der Waals surface area contributed by atoms with E-state index < -0.39 is 0 Å². The molecule has 1 amide bonds. The van der Waals surface area contributed by atoms with Crippen molar-refractivity contribution in [1.82, 2.24) is 14.8 Å². The van der Waals surface area contributed by atoms with Crippen LogP contribution in [0.25, 0.3) is 5.69 Å². The lowest BCUT2D eigenvalue weighted by Gasteiger charge is -2.20. The number of carbonyl (C=O) groups is 1. The first-order valence-electron chi connectivity index (χ1n) is 7.87. The zero-order valence-electron chi connectivity index (χ0n) is 14.4. The summed E-state index contributed by atoms with van der Waals surface area (Å²) in [6.07, 6.45) is 8.71. The van der Waals surface area contributed by atoms with Crippen LogP contribution in [-0.2, 0) is 4.79 Å². The molecule has 0 aliphatic rings. The van der Waals surface area contributed by atoms with Crippen LogP contribution in [0.4, 0.5) is 5.69 Å².